The van der Waals surface area contributed by atoms with Crippen molar-refractivity contribution in [2.24, 2.45) is 11.8 Å². The molecule has 0 radical (unpaired) electrons. The quantitative estimate of drug-likeness (QED) is 0.652. The number of carbonyl (C=O) groups is 4. The zero-order chi connectivity index (χ0) is 22.7. The van der Waals surface area contributed by atoms with Crippen LogP contribution in [-0.2, 0) is 16.0 Å². The van der Waals surface area contributed by atoms with Gasteiger partial charge in [0, 0.05) is 13.0 Å². The van der Waals surface area contributed by atoms with Crippen molar-refractivity contribution in [1.82, 2.24) is 10.2 Å². The molecule has 32 heavy (non-hydrogen) atoms. The van der Waals surface area contributed by atoms with Crippen LogP contribution in [0.4, 0.5) is 0 Å². The molecule has 1 heterocycles. The van der Waals surface area contributed by atoms with Gasteiger partial charge in [-0.15, -0.1) is 0 Å². The van der Waals surface area contributed by atoms with Crippen molar-refractivity contribution < 1.29 is 24.3 Å². The Morgan fingerprint density at radius 3 is 2.16 bits per heavy atom. The summed E-state index contributed by atoms with van der Waals surface area (Å²) < 4.78 is 0. The minimum atomic E-state index is -1.02. The van der Waals surface area contributed by atoms with Crippen molar-refractivity contribution in [2.75, 3.05) is 6.54 Å². The lowest BCUT2D eigenvalue weighted by molar-refractivity contribution is -0.145. The molecule has 0 spiro atoms. The summed E-state index contributed by atoms with van der Waals surface area (Å²) in [5, 5.41) is 12.4. The molecule has 3 atom stereocenters. The lowest BCUT2D eigenvalue weighted by Gasteiger charge is -2.30. The molecule has 4 rings (SSSR count). The summed E-state index contributed by atoms with van der Waals surface area (Å²) in [6.07, 6.45) is 3.31. The van der Waals surface area contributed by atoms with E-state index in [9.17, 15) is 24.3 Å². The number of carboxylic acid groups (broad SMARTS) is 1. The number of aliphatic carboxylic acids is 1. The molecule has 1 unspecified atom stereocenters. The van der Waals surface area contributed by atoms with Gasteiger partial charge in [-0.25, -0.2) is 0 Å². The fraction of sp³-hybridized carbons (Fsp3) is 0.360. The average Bonchev–Trinajstić information content (AvgIpc) is 3.07. The standard InChI is InChI=1S/C25H26N2O5/c28-22(26-15-17-10-4-5-11-18(17)25(31)32)21(14-16-8-2-1-3-9-16)27-23(29)19-12-6-7-13-20(19)24(27)30/h1-3,6-9,12-13,17-18,21H,4-5,10-11,14-15H2,(H,26,28)(H,31,32)/t17-,18-,21?/m0/s1. The van der Waals surface area contributed by atoms with E-state index in [2.05, 4.69) is 5.32 Å². The number of nitrogens with zero attached hydrogens (tertiary/aromatic N) is 1. The van der Waals surface area contributed by atoms with E-state index in [1.54, 1.807) is 24.3 Å². The topological polar surface area (TPSA) is 104 Å². The molecular weight excluding hydrogens is 408 g/mol. The molecule has 166 valence electrons. The third-order valence-electron chi connectivity index (χ3n) is 6.48. The predicted octanol–water partition coefficient (Wildman–Crippen LogP) is 2.90. The second-order valence-corrected chi connectivity index (χ2v) is 8.47. The highest BCUT2D eigenvalue weighted by Crippen LogP contribution is 2.30. The van der Waals surface area contributed by atoms with Crippen molar-refractivity contribution in [3.8, 4) is 0 Å². The van der Waals surface area contributed by atoms with Gasteiger partial charge < -0.3 is 10.4 Å². The monoisotopic (exact) mass is 434 g/mol. The SMILES string of the molecule is O=C(NC[C@@H]1CCCC[C@@H]1C(=O)O)C(Cc1ccccc1)N1C(=O)c2ccccc2C1=O. The number of rotatable bonds is 7. The van der Waals surface area contributed by atoms with Crippen LogP contribution in [0.25, 0.3) is 0 Å². The lowest BCUT2D eigenvalue weighted by Crippen LogP contribution is -2.52. The van der Waals surface area contributed by atoms with Gasteiger partial charge in [0.2, 0.25) is 5.91 Å². The molecule has 3 amide bonds. The van der Waals surface area contributed by atoms with Crippen LogP contribution < -0.4 is 5.32 Å². The van der Waals surface area contributed by atoms with Gasteiger partial charge in [0.05, 0.1) is 17.0 Å². The molecule has 1 saturated carbocycles. The molecule has 1 aliphatic carbocycles. The molecule has 7 heteroatoms. The van der Waals surface area contributed by atoms with Crippen LogP contribution in [0.5, 0.6) is 0 Å². The van der Waals surface area contributed by atoms with Crippen LogP contribution in [0, 0.1) is 11.8 Å². The summed E-state index contributed by atoms with van der Waals surface area (Å²) in [4.78, 5) is 52.0. The zero-order valence-corrected chi connectivity index (χ0v) is 17.7. The molecular formula is C25H26N2O5. The van der Waals surface area contributed by atoms with E-state index in [0.29, 0.717) is 17.5 Å². The number of carbonyl (C=O) groups excluding carboxylic acids is 3. The first kappa shape index (κ1) is 21.7. The van der Waals surface area contributed by atoms with Gasteiger partial charge in [-0.1, -0.05) is 55.3 Å². The molecule has 7 nitrogen and oxygen atoms in total. The Hall–Kier alpha value is -3.48. The summed E-state index contributed by atoms with van der Waals surface area (Å²) in [5.74, 6) is -2.91. The fourth-order valence-electron chi connectivity index (χ4n) is 4.76. The fourth-order valence-corrected chi connectivity index (χ4v) is 4.76. The first-order chi connectivity index (χ1) is 15.5. The van der Waals surface area contributed by atoms with Crippen molar-refractivity contribution in [1.29, 1.82) is 0 Å². The van der Waals surface area contributed by atoms with Crippen molar-refractivity contribution >= 4 is 23.7 Å². The number of benzene rings is 2. The Labute approximate surface area is 186 Å². The Morgan fingerprint density at radius 2 is 1.53 bits per heavy atom. The molecule has 2 aromatic carbocycles. The van der Waals surface area contributed by atoms with Crippen molar-refractivity contribution in [2.45, 2.75) is 38.1 Å². The smallest absolute Gasteiger partial charge is 0.306 e. The lowest BCUT2D eigenvalue weighted by atomic mass is 9.79. The number of hydrogen-bond donors (Lipinski definition) is 2. The van der Waals surface area contributed by atoms with Crippen LogP contribution in [0.3, 0.4) is 0 Å². The Morgan fingerprint density at radius 1 is 0.938 bits per heavy atom. The van der Waals surface area contributed by atoms with Gasteiger partial charge in [-0.05, 0) is 36.5 Å². The highest BCUT2D eigenvalue weighted by molar-refractivity contribution is 6.22. The van der Waals surface area contributed by atoms with Crippen LogP contribution in [0.15, 0.2) is 54.6 Å². The molecule has 1 fully saturated rings. The normalized spacial score (nSPS) is 21.2. The molecule has 0 bridgehead atoms. The van der Waals surface area contributed by atoms with Gasteiger partial charge in [-0.3, -0.25) is 24.1 Å². The maximum absolute atomic E-state index is 13.3. The van der Waals surface area contributed by atoms with Crippen LogP contribution in [-0.4, -0.2) is 46.3 Å². The third-order valence-corrected chi connectivity index (χ3v) is 6.48. The number of hydrogen-bond acceptors (Lipinski definition) is 4. The second kappa shape index (κ2) is 9.34. The number of fused-ring (bicyclic) bond motifs is 1. The summed E-state index contributed by atoms with van der Waals surface area (Å²) in [6, 6.07) is 14.8. The largest absolute Gasteiger partial charge is 0.481 e. The molecule has 2 aromatic rings. The van der Waals surface area contributed by atoms with E-state index in [0.717, 1.165) is 29.7 Å². The number of imide groups is 1. The third kappa shape index (κ3) is 4.28. The number of carboxylic acids is 1. The minimum Gasteiger partial charge on any atom is -0.481 e. The molecule has 0 aromatic heterocycles. The summed E-state index contributed by atoms with van der Waals surface area (Å²) >= 11 is 0. The molecule has 0 saturated heterocycles. The Bertz CT molecular complexity index is 1000. The van der Waals surface area contributed by atoms with Crippen LogP contribution >= 0.6 is 0 Å². The minimum absolute atomic E-state index is 0.162. The summed E-state index contributed by atoms with van der Waals surface area (Å²) in [5.41, 5.74) is 1.41. The highest BCUT2D eigenvalue weighted by Gasteiger charge is 2.43. The van der Waals surface area contributed by atoms with E-state index < -0.39 is 35.7 Å². The maximum atomic E-state index is 13.3. The van der Waals surface area contributed by atoms with Crippen molar-refractivity contribution in [3.63, 3.8) is 0 Å². The van der Waals surface area contributed by atoms with E-state index >= 15 is 0 Å². The first-order valence-corrected chi connectivity index (χ1v) is 11.0. The van der Waals surface area contributed by atoms with E-state index in [-0.39, 0.29) is 18.9 Å². The second-order valence-electron chi connectivity index (χ2n) is 8.47. The van der Waals surface area contributed by atoms with Gasteiger partial charge >= 0.3 is 5.97 Å². The number of nitrogens with one attached hydrogen (secondary N) is 1. The van der Waals surface area contributed by atoms with Gasteiger partial charge in [0.1, 0.15) is 6.04 Å². The van der Waals surface area contributed by atoms with Crippen LogP contribution in [0.1, 0.15) is 52.0 Å². The Kier molecular flexibility index (Phi) is 6.35. The van der Waals surface area contributed by atoms with Gasteiger partial charge in [-0.2, -0.15) is 0 Å². The Balaban J connectivity index is 1.56. The van der Waals surface area contributed by atoms with Gasteiger partial charge in [0.25, 0.3) is 11.8 Å². The predicted molar refractivity (Wildman–Crippen MR) is 117 cm³/mol. The average molecular weight is 434 g/mol. The van der Waals surface area contributed by atoms with E-state index in [4.69, 9.17) is 0 Å². The maximum Gasteiger partial charge on any atom is 0.306 e. The molecule has 2 N–H and O–H groups in total. The number of amides is 3. The highest BCUT2D eigenvalue weighted by atomic mass is 16.4. The first-order valence-electron chi connectivity index (χ1n) is 11.0. The van der Waals surface area contributed by atoms with E-state index in [1.807, 2.05) is 30.3 Å². The van der Waals surface area contributed by atoms with Crippen LogP contribution in [0.2, 0.25) is 0 Å². The van der Waals surface area contributed by atoms with Gasteiger partial charge in [0.15, 0.2) is 0 Å². The zero-order valence-electron chi connectivity index (χ0n) is 17.7. The van der Waals surface area contributed by atoms with E-state index in [1.165, 1.54) is 0 Å². The molecule has 1 aliphatic heterocycles. The molecule has 2 aliphatic rings. The summed E-state index contributed by atoms with van der Waals surface area (Å²) in [6.45, 7) is 0.213. The van der Waals surface area contributed by atoms with Crippen molar-refractivity contribution in [3.05, 3.63) is 71.3 Å². The summed E-state index contributed by atoms with van der Waals surface area (Å²) in [7, 11) is 0.